The molecule has 0 N–H and O–H groups in total. The number of carbonyl (C=O) groups excluding carboxylic acids is 3. The number of esters is 1. The van der Waals surface area contributed by atoms with Crippen LogP contribution < -0.4 is 0 Å². The summed E-state index contributed by atoms with van der Waals surface area (Å²) in [5.41, 5.74) is 2.34. The number of aryl methyl sites for hydroxylation is 1. The molecule has 1 aromatic rings. The van der Waals surface area contributed by atoms with E-state index in [1.54, 1.807) is 11.9 Å². The number of nitrogens with zero attached hydrogens (tertiary/aromatic N) is 2. The summed E-state index contributed by atoms with van der Waals surface area (Å²) in [5.74, 6) is -0.523. The molecular formula is C19H26N2O4. The van der Waals surface area contributed by atoms with Crippen LogP contribution in [0, 0.1) is 0 Å². The summed E-state index contributed by atoms with van der Waals surface area (Å²) in [4.78, 5) is 39.1. The molecule has 1 saturated heterocycles. The summed E-state index contributed by atoms with van der Waals surface area (Å²) in [6.07, 6.45) is 2.27. The second-order valence-electron chi connectivity index (χ2n) is 6.37. The maximum absolute atomic E-state index is 12.4. The lowest BCUT2D eigenvalue weighted by molar-refractivity contribution is -0.146. The summed E-state index contributed by atoms with van der Waals surface area (Å²) in [7, 11) is 2.87. The van der Waals surface area contributed by atoms with Gasteiger partial charge < -0.3 is 14.5 Å². The topological polar surface area (TPSA) is 66.9 Å². The summed E-state index contributed by atoms with van der Waals surface area (Å²) in [6.45, 7) is 2.55. The first-order chi connectivity index (χ1) is 12.0. The third-order valence-corrected chi connectivity index (χ3v) is 4.72. The zero-order valence-electron chi connectivity index (χ0n) is 15.2. The van der Waals surface area contributed by atoms with Gasteiger partial charge in [0, 0.05) is 32.5 Å². The Morgan fingerprint density at radius 1 is 1.28 bits per heavy atom. The molecule has 1 atom stereocenters. The lowest BCUT2D eigenvalue weighted by atomic mass is 10.0. The third-order valence-electron chi connectivity index (χ3n) is 4.72. The predicted molar refractivity (Wildman–Crippen MR) is 93.7 cm³/mol. The van der Waals surface area contributed by atoms with Crippen molar-refractivity contribution >= 4 is 17.8 Å². The molecule has 6 heteroatoms. The lowest BCUT2D eigenvalue weighted by Gasteiger charge is -2.27. The van der Waals surface area contributed by atoms with Gasteiger partial charge in [0.1, 0.15) is 6.54 Å². The van der Waals surface area contributed by atoms with E-state index in [4.69, 9.17) is 0 Å². The molecule has 2 rings (SSSR count). The van der Waals surface area contributed by atoms with E-state index in [2.05, 4.69) is 17.7 Å². The number of rotatable bonds is 7. The minimum Gasteiger partial charge on any atom is -0.468 e. The summed E-state index contributed by atoms with van der Waals surface area (Å²) < 4.78 is 4.59. The van der Waals surface area contributed by atoms with Gasteiger partial charge in [-0.3, -0.25) is 14.4 Å². The molecule has 6 nitrogen and oxygen atoms in total. The monoisotopic (exact) mass is 346 g/mol. The van der Waals surface area contributed by atoms with Gasteiger partial charge in [0.25, 0.3) is 0 Å². The van der Waals surface area contributed by atoms with Crippen molar-refractivity contribution in [3.8, 4) is 0 Å². The van der Waals surface area contributed by atoms with E-state index in [0.29, 0.717) is 19.4 Å². The highest BCUT2D eigenvalue weighted by Crippen LogP contribution is 2.25. The molecule has 1 fully saturated rings. The Hall–Kier alpha value is -2.37. The fourth-order valence-electron chi connectivity index (χ4n) is 3.17. The quantitative estimate of drug-likeness (QED) is 0.706. The number of carbonyl (C=O) groups is 3. The zero-order valence-corrected chi connectivity index (χ0v) is 15.2. The predicted octanol–water partition coefficient (Wildman–Crippen LogP) is 1.76. The molecule has 1 aromatic carbocycles. The average Bonchev–Trinajstić information content (AvgIpc) is 2.95. The minimum atomic E-state index is -0.452. The van der Waals surface area contributed by atoms with Gasteiger partial charge in [-0.15, -0.1) is 0 Å². The molecule has 1 unspecified atom stereocenters. The number of likely N-dealkylation sites (tertiary alicyclic amines) is 1. The Morgan fingerprint density at radius 2 is 1.96 bits per heavy atom. The van der Waals surface area contributed by atoms with Gasteiger partial charge in [-0.05, 0) is 24.0 Å². The van der Waals surface area contributed by atoms with Crippen molar-refractivity contribution in [2.24, 2.45) is 0 Å². The van der Waals surface area contributed by atoms with Crippen LogP contribution in [0.5, 0.6) is 0 Å². The Kier molecular flexibility index (Phi) is 6.56. The molecule has 1 heterocycles. The van der Waals surface area contributed by atoms with E-state index in [9.17, 15) is 14.4 Å². The fraction of sp³-hybridized carbons (Fsp3) is 0.526. The van der Waals surface area contributed by atoms with Crippen LogP contribution in [-0.4, -0.2) is 54.3 Å². The van der Waals surface area contributed by atoms with Crippen LogP contribution in [-0.2, 0) is 32.1 Å². The van der Waals surface area contributed by atoms with Gasteiger partial charge in [-0.25, -0.2) is 0 Å². The molecule has 0 aliphatic carbocycles. The first kappa shape index (κ1) is 19.0. The Bertz CT molecular complexity index is 644. The van der Waals surface area contributed by atoms with E-state index in [1.807, 2.05) is 18.2 Å². The van der Waals surface area contributed by atoms with Crippen molar-refractivity contribution in [2.75, 3.05) is 20.7 Å². The standard InChI is InChI=1S/C19H26N2O4/c1-4-14-7-5-6-8-15(14)12-21-16(9-10-17(21)22)11-18(23)20(2)13-19(24)25-3/h5-8,16H,4,9-13H2,1-3H3. The van der Waals surface area contributed by atoms with Gasteiger partial charge in [0.15, 0.2) is 0 Å². The average molecular weight is 346 g/mol. The molecule has 136 valence electrons. The highest BCUT2D eigenvalue weighted by Gasteiger charge is 2.33. The number of likely N-dealkylation sites (N-methyl/N-ethyl adjacent to an activating group) is 1. The van der Waals surface area contributed by atoms with Crippen molar-refractivity contribution in [3.05, 3.63) is 35.4 Å². The largest absolute Gasteiger partial charge is 0.468 e. The van der Waals surface area contributed by atoms with Crippen molar-refractivity contribution in [3.63, 3.8) is 0 Å². The van der Waals surface area contributed by atoms with Gasteiger partial charge in [-0.2, -0.15) is 0 Å². The molecule has 25 heavy (non-hydrogen) atoms. The first-order valence-electron chi connectivity index (χ1n) is 8.63. The second kappa shape index (κ2) is 8.65. The van der Waals surface area contributed by atoms with E-state index in [1.165, 1.54) is 17.6 Å². The number of hydrogen-bond acceptors (Lipinski definition) is 4. The summed E-state index contributed by atoms with van der Waals surface area (Å²) >= 11 is 0. The van der Waals surface area contributed by atoms with Crippen LogP contribution in [0.2, 0.25) is 0 Å². The molecule has 0 spiro atoms. The van der Waals surface area contributed by atoms with Crippen LogP contribution in [0.1, 0.15) is 37.3 Å². The fourth-order valence-corrected chi connectivity index (χ4v) is 3.17. The van der Waals surface area contributed by atoms with Crippen molar-refractivity contribution < 1.29 is 19.1 Å². The van der Waals surface area contributed by atoms with Crippen LogP contribution in [0.4, 0.5) is 0 Å². The van der Waals surface area contributed by atoms with E-state index >= 15 is 0 Å². The van der Waals surface area contributed by atoms with Crippen LogP contribution in [0.15, 0.2) is 24.3 Å². The number of methoxy groups -OCH3 is 1. The van der Waals surface area contributed by atoms with Crippen LogP contribution >= 0.6 is 0 Å². The number of amides is 2. The van der Waals surface area contributed by atoms with Crippen LogP contribution in [0.25, 0.3) is 0 Å². The van der Waals surface area contributed by atoms with Gasteiger partial charge in [0.05, 0.1) is 7.11 Å². The SMILES string of the molecule is CCc1ccccc1CN1C(=O)CCC1CC(=O)N(C)CC(=O)OC. The van der Waals surface area contributed by atoms with Gasteiger partial charge >= 0.3 is 5.97 Å². The van der Waals surface area contributed by atoms with Gasteiger partial charge in [-0.1, -0.05) is 31.2 Å². The molecule has 0 bridgehead atoms. The molecule has 0 radical (unpaired) electrons. The van der Waals surface area contributed by atoms with Gasteiger partial charge in [0.2, 0.25) is 11.8 Å². The summed E-state index contributed by atoms with van der Waals surface area (Å²) in [6, 6.07) is 7.95. The normalized spacial score (nSPS) is 16.8. The molecule has 1 aliphatic rings. The van der Waals surface area contributed by atoms with Crippen molar-refractivity contribution in [1.82, 2.24) is 9.80 Å². The maximum Gasteiger partial charge on any atom is 0.325 e. The Labute approximate surface area is 148 Å². The minimum absolute atomic E-state index is 0.0747. The zero-order chi connectivity index (χ0) is 18.4. The molecular weight excluding hydrogens is 320 g/mol. The van der Waals surface area contributed by atoms with Crippen LogP contribution in [0.3, 0.4) is 0 Å². The first-order valence-corrected chi connectivity index (χ1v) is 8.63. The van der Waals surface area contributed by atoms with E-state index in [-0.39, 0.29) is 30.8 Å². The van der Waals surface area contributed by atoms with Crippen molar-refractivity contribution in [2.45, 2.75) is 45.2 Å². The highest BCUT2D eigenvalue weighted by molar-refractivity contribution is 5.84. The summed E-state index contributed by atoms with van der Waals surface area (Å²) in [5, 5.41) is 0. The third kappa shape index (κ3) is 4.81. The maximum atomic E-state index is 12.4. The Morgan fingerprint density at radius 3 is 2.60 bits per heavy atom. The molecule has 2 amide bonds. The van der Waals surface area contributed by atoms with E-state index < -0.39 is 5.97 Å². The number of ether oxygens (including phenoxy) is 1. The highest BCUT2D eigenvalue weighted by atomic mass is 16.5. The molecule has 0 aromatic heterocycles. The smallest absolute Gasteiger partial charge is 0.325 e. The van der Waals surface area contributed by atoms with E-state index in [0.717, 1.165) is 12.0 Å². The lowest BCUT2D eigenvalue weighted by Crippen LogP contribution is -2.39. The second-order valence-corrected chi connectivity index (χ2v) is 6.37. The number of hydrogen-bond donors (Lipinski definition) is 0. The number of benzene rings is 1. The Balaban J connectivity index is 2.03. The molecule has 1 aliphatic heterocycles. The molecule has 0 saturated carbocycles. The van der Waals surface area contributed by atoms with Crippen molar-refractivity contribution in [1.29, 1.82) is 0 Å².